The zero-order valence-corrected chi connectivity index (χ0v) is 12.1. The lowest BCUT2D eigenvalue weighted by molar-refractivity contribution is 0.123. The monoisotopic (exact) mass is 292 g/mol. The van der Waals surface area contributed by atoms with Gasteiger partial charge >= 0.3 is 0 Å². The number of nitrogens with zero attached hydrogens (tertiary/aromatic N) is 3. The van der Waals surface area contributed by atoms with Gasteiger partial charge in [0.15, 0.2) is 0 Å². The molecule has 1 aliphatic heterocycles. The Morgan fingerprint density at radius 2 is 2.00 bits per heavy atom. The molecule has 0 bridgehead atoms. The minimum atomic E-state index is 0.632. The Hall–Kier alpha value is -1.72. The zero-order chi connectivity index (χ0) is 14.1. The van der Waals surface area contributed by atoms with Gasteiger partial charge < -0.3 is 15.4 Å². The van der Waals surface area contributed by atoms with Crippen molar-refractivity contribution in [2.24, 2.45) is 7.05 Å². The molecule has 2 N–H and O–H groups in total. The maximum absolute atomic E-state index is 6.14. The summed E-state index contributed by atoms with van der Waals surface area (Å²) >= 11 is 6.14. The summed E-state index contributed by atoms with van der Waals surface area (Å²) in [5.41, 5.74) is 8.85. The van der Waals surface area contributed by atoms with Crippen LogP contribution in [0.2, 0.25) is 5.02 Å². The van der Waals surface area contributed by atoms with Crippen LogP contribution in [0.25, 0.3) is 11.3 Å². The van der Waals surface area contributed by atoms with Crippen LogP contribution >= 0.6 is 11.6 Å². The molecule has 3 rings (SSSR count). The molecular weight excluding hydrogens is 276 g/mol. The van der Waals surface area contributed by atoms with Gasteiger partial charge in [-0.3, -0.25) is 4.68 Å². The van der Waals surface area contributed by atoms with E-state index >= 15 is 0 Å². The van der Waals surface area contributed by atoms with Crippen LogP contribution in [-0.4, -0.2) is 36.1 Å². The summed E-state index contributed by atoms with van der Waals surface area (Å²) in [4.78, 5) is 2.29. The summed E-state index contributed by atoms with van der Waals surface area (Å²) in [5.74, 6) is 0.632. The molecule has 106 valence electrons. The van der Waals surface area contributed by atoms with Crippen LogP contribution in [0.3, 0.4) is 0 Å². The van der Waals surface area contributed by atoms with E-state index in [1.54, 1.807) is 4.68 Å². The van der Waals surface area contributed by atoms with Crippen molar-refractivity contribution < 1.29 is 4.74 Å². The van der Waals surface area contributed by atoms with Crippen LogP contribution in [0.15, 0.2) is 24.3 Å². The fourth-order valence-electron chi connectivity index (χ4n) is 2.41. The fourth-order valence-corrected chi connectivity index (χ4v) is 2.58. The number of nitrogens with two attached hydrogens (primary N) is 1. The van der Waals surface area contributed by atoms with Crippen molar-refractivity contribution in [3.63, 3.8) is 0 Å². The first kappa shape index (κ1) is 13.3. The van der Waals surface area contributed by atoms with Crippen molar-refractivity contribution in [1.82, 2.24) is 9.78 Å². The summed E-state index contributed by atoms with van der Waals surface area (Å²) < 4.78 is 7.07. The number of hydrogen-bond donors (Lipinski definition) is 1. The van der Waals surface area contributed by atoms with E-state index in [2.05, 4.69) is 10.00 Å². The molecule has 2 aromatic rings. The predicted molar refractivity (Wildman–Crippen MR) is 81.1 cm³/mol. The Bertz CT molecular complexity index is 600. The molecule has 0 unspecified atom stereocenters. The second kappa shape index (κ2) is 5.34. The molecule has 0 aliphatic carbocycles. The Kier molecular flexibility index (Phi) is 3.54. The lowest BCUT2D eigenvalue weighted by Crippen LogP contribution is -2.36. The Morgan fingerprint density at radius 1 is 1.25 bits per heavy atom. The summed E-state index contributed by atoms with van der Waals surface area (Å²) in [5, 5.41) is 5.15. The number of rotatable bonds is 2. The highest BCUT2D eigenvalue weighted by Gasteiger charge is 2.18. The highest BCUT2D eigenvalue weighted by atomic mass is 35.5. The van der Waals surface area contributed by atoms with Crippen molar-refractivity contribution in [2.75, 3.05) is 36.9 Å². The molecule has 1 aliphatic rings. The summed E-state index contributed by atoms with van der Waals surface area (Å²) in [6.45, 7) is 3.23. The first-order valence-electron chi connectivity index (χ1n) is 6.57. The van der Waals surface area contributed by atoms with Crippen molar-refractivity contribution >= 4 is 23.1 Å². The number of ether oxygens (including phenoxy) is 1. The van der Waals surface area contributed by atoms with Gasteiger partial charge in [-0.1, -0.05) is 11.6 Å². The van der Waals surface area contributed by atoms with E-state index in [4.69, 9.17) is 22.1 Å². The third kappa shape index (κ3) is 2.46. The average molecular weight is 293 g/mol. The minimum Gasteiger partial charge on any atom is -0.384 e. The number of halogens is 1. The smallest absolute Gasteiger partial charge is 0.121 e. The molecule has 0 spiro atoms. The molecule has 1 fully saturated rings. The van der Waals surface area contributed by atoms with Crippen molar-refractivity contribution in [2.45, 2.75) is 0 Å². The van der Waals surface area contributed by atoms with E-state index in [9.17, 15) is 0 Å². The third-order valence-corrected chi connectivity index (χ3v) is 3.74. The van der Waals surface area contributed by atoms with Gasteiger partial charge in [-0.25, -0.2) is 0 Å². The predicted octanol–water partition coefficient (Wildman–Crippen LogP) is 2.16. The highest BCUT2D eigenvalue weighted by Crippen LogP contribution is 2.33. The standard InChI is InChI=1S/C14H17ClN4O/c1-18-14(16)9-12(17-18)11-8-10(15)2-3-13(11)19-4-6-20-7-5-19/h2-3,8-9H,4-7,16H2,1H3. The highest BCUT2D eigenvalue weighted by molar-refractivity contribution is 6.31. The first-order valence-corrected chi connectivity index (χ1v) is 6.95. The first-order chi connectivity index (χ1) is 9.65. The van der Waals surface area contributed by atoms with Gasteiger partial charge in [0.1, 0.15) is 5.82 Å². The maximum atomic E-state index is 6.14. The third-order valence-electron chi connectivity index (χ3n) is 3.50. The number of nitrogen functional groups attached to an aromatic ring is 1. The molecule has 5 nitrogen and oxygen atoms in total. The van der Waals surface area contributed by atoms with E-state index in [0.717, 1.165) is 43.2 Å². The molecule has 1 saturated heterocycles. The molecule has 6 heteroatoms. The maximum Gasteiger partial charge on any atom is 0.121 e. The van der Waals surface area contributed by atoms with Crippen LogP contribution in [0, 0.1) is 0 Å². The van der Waals surface area contributed by atoms with E-state index in [-0.39, 0.29) is 0 Å². The SMILES string of the molecule is Cn1nc(-c2cc(Cl)ccc2N2CCOCC2)cc1N. The Labute approximate surface area is 122 Å². The van der Waals surface area contributed by atoms with E-state index in [1.165, 1.54) is 0 Å². The quantitative estimate of drug-likeness (QED) is 0.921. The Balaban J connectivity index is 2.05. The summed E-state index contributed by atoms with van der Waals surface area (Å²) in [6.07, 6.45) is 0. The van der Waals surface area contributed by atoms with Crippen molar-refractivity contribution in [3.8, 4) is 11.3 Å². The number of morpholine rings is 1. The van der Waals surface area contributed by atoms with Crippen molar-refractivity contribution in [3.05, 3.63) is 29.3 Å². The van der Waals surface area contributed by atoms with E-state index < -0.39 is 0 Å². The largest absolute Gasteiger partial charge is 0.384 e. The number of hydrogen-bond acceptors (Lipinski definition) is 4. The van der Waals surface area contributed by atoms with E-state index in [0.29, 0.717) is 10.8 Å². The topological polar surface area (TPSA) is 56.3 Å². The van der Waals surface area contributed by atoms with Crippen LogP contribution < -0.4 is 10.6 Å². The molecule has 2 heterocycles. The zero-order valence-electron chi connectivity index (χ0n) is 11.3. The second-order valence-corrected chi connectivity index (χ2v) is 5.28. The van der Waals surface area contributed by atoms with Crippen LogP contribution in [0.5, 0.6) is 0 Å². The van der Waals surface area contributed by atoms with Crippen LogP contribution in [-0.2, 0) is 11.8 Å². The number of benzene rings is 1. The van der Waals surface area contributed by atoms with Gasteiger partial charge in [0.2, 0.25) is 0 Å². The Morgan fingerprint density at radius 3 is 2.65 bits per heavy atom. The lowest BCUT2D eigenvalue weighted by Gasteiger charge is -2.30. The van der Waals surface area contributed by atoms with Gasteiger partial charge in [0, 0.05) is 42.5 Å². The second-order valence-electron chi connectivity index (χ2n) is 4.84. The van der Waals surface area contributed by atoms with Gasteiger partial charge in [-0.15, -0.1) is 0 Å². The number of anilines is 2. The molecule has 0 amide bonds. The van der Waals surface area contributed by atoms with Gasteiger partial charge in [0.25, 0.3) is 0 Å². The fraction of sp³-hybridized carbons (Fsp3) is 0.357. The van der Waals surface area contributed by atoms with Gasteiger partial charge in [-0.05, 0) is 18.2 Å². The lowest BCUT2D eigenvalue weighted by atomic mass is 10.1. The number of aromatic nitrogens is 2. The van der Waals surface area contributed by atoms with Crippen LogP contribution in [0.4, 0.5) is 11.5 Å². The molecule has 1 aromatic heterocycles. The molecule has 0 atom stereocenters. The number of aryl methyl sites for hydroxylation is 1. The van der Waals surface area contributed by atoms with Crippen LogP contribution in [0.1, 0.15) is 0 Å². The molecular formula is C14H17ClN4O. The molecule has 0 saturated carbocycles. The average Bonchev–Trinajstić information content (AvgIpc) is 2.79. The van der Waals surface area contributed by atoms with Gasteiger partial charge in [0.05, 0.1) is 18.9 Å². The summed E-state index contributed by atoms with van der Waals surface area (Å²) in [6, 6.07) is 7.75. The molecule has 1 aromatic carbocycles. The molecule has 0 radical (unpaired) electrons. The van der Waals surface area contributed by atoms with Crippen molar-refractivity contribution in [1.29, 1.82) is 0 Å². The molecule has 20 heavy (non-hydrogen) atoms. The van der Waals surface area contributed by atoms with Gasteiger partial charge in [-0.2, -0.15) is 5.10 Å². The van der Waals surface area contributed by atoms with E-state index in [1.807, 2.05) is 31.3 Å². The normalized spacial score (nSPS) is 15.6. The summed E-state index contributed by atoms with van der Waals surface area (Å²) in [7, 11) is 1.83. The minimum absolute atomic E-state index is 0.632.